The van der Waals surface area contributed by atoms with Crippen LogP contribution in [0.25, 0.3) is 10.7 Å². The summed E-state index contributed by atoms with van der Waals surface area (Å²) < 4.78 is 27.5. The maximum Gasteiger partial charge on any atom is 0.358 e. The molecule has 0 saturated carbocycles. The van der Waals surface area contributed by atoms with Crippen LogP contribution in [-0.4, -0.2) is 40.2 Å². The number of hydrogen-bond acceptors (Lipinski definition) is 8. The second-order valence-electron chi connectivity index (χ2n) is 5.96. The number of nitrogens with one attached hydrogen (secondary N) is 2. The molecule has 0 unspecified atom stereocenters. The number of carboxylic acids is 1. The van der Waals surface area contributed by atoms with Crippen LogP contribution in [0, 0.1) is 0 Å². The fraction of sp³-hybridized carbons (Fsp3) is 0.0588. The summed E-state index contributed by atoms with van der Waals surface area (Å²) in [7, 11) is -3.03. The van der Waals surface area contributed by atoms with Crippen LogP contribution in [0.15, 0.2) is 45.4 Å². The van der Waals surface area contributed by atoms with Gasteiger partial charge in [0.15, 0.2) is 11.5 Å². The molecule has 2 heterocycles. The molecule has 0 atom stereocenters. The Morgan fingerprint density at radius 1 is 1.23 bits per heavy atom. The molecule has 2 amide bonds. The zero-order chi connectivity index (χ0) is 22.9. The molecule has 162 valence electrons. The van der Waals surface area contributed by atoms with Crippen molar-refractivity contribution in [2.75, 3.05) is 5.32 Å². The smallest absolute Gasteiger partial charge is 0.358 e. The van der Waals surface area contributed by atoms with E-state index >= 15 is 0 Å². The highest BCUT2D eigenvalue weighted by Gasteiger charge is 2.24. The summed E-state index contributed by atoms with van der Waals surface area (Å²) in [6.45, 7) is 0. The lowest BCUT2D eigenvalue weighted by molar-refractivity contribution is 0.0686. The van der Waals surface area contributed by atoms with E-state index in [0.717, 1.165) is 15.9 Å². The summed E-state index contributed by atoms with van der Waals surface area (Å²) in [6, 6.07) is 5.81. The van der Waals surface area contributed by atoms with Crippen LogP contribution in [0.2, 0.25) is 5.02 Å². The molecule has 0 aliphatic heterocycles. The van der Waals surface area contributed by atoms with Gasteiger partial charge in [0.25, 0.3) is 15.6 Å². The molecule has 0 aliphatic carbocycles. The third-order valence-corrected chi connectivity index (χ3v) is 6.68. The fourth-order valence-electron chi connectivity index (χ4n) is 2.51. The molecule has 0 spiro atoms. The summed E-state index contributed by atoms with van der Waals surface area (Å²) >= 11 is 6.87. The normalized spacial score (nSPS) is 11.2. The Labute approximate surface area is 183 Å². The number of nitrogens with zero attached hydrogens (tertiary/aromatic N) is 2. The zero-order valence-electron chi connectivity index (χ0n) is 15.5. The molecule has 31 heavy (non-hydrogen) atoms. The standard InChI is InChI=1S/C17H13ClN4O7S2/c1-22-14(20-11(16(25)26)12(23)15(22)24)13-9(6-7-30-13)19-17(27)21-31(28,29)10-5-3-2-4-8(10)18/h2-7,23H,1H3,(H,25,26)(H2,19,21,27). The van der Waals surface area contributed by atoms with E-state index < -0.39 is 39.0 Å². The highest BCUT2D eigenvalue weighted by Crippen LogP contribution is 2.32. The molecule has 2 aromatic heterocycles. The first-order chi connectivity index (χ1) is 14.5. The van der Waals surface area contributed by atoms with Crippen molar-refractivity contribution in [3.63, 3.8) is 0 Å². The average Bonchev–Trinajstić information content (AvgIpc) is 3.13. The lowest BCUT2D eigenvalue weighted by Crippen LogP contribution is -2.34. The molecule has 0 fully saturated rings. The quantitative estimate of drug-likeness (QED) is 0.426. The summed E-state index contributed by atoms with van der Waals surface area (Å²) in [5.74, 6) is -2.81. The lowest BCUT2D eigenvalue weighted by Gasteiger charge is -2.12. The number of aromatic hydroxyl groups is 1. The SMILES string of the molecule is Cn1c(-c2sccc2NC(=O)NS(=O)(=O)c2ccccc2Cl)nc(C(=O)O)c(O)c1=O. The Morgan fingerprint density at radius 3 is 2.55 bits per heavy atom. The first kappa shape index (κ1) is 22.3. The van der Waals surface area contributed by atoms with Crippen LogP contribution in [0.5, 0.6) is 5.75 Å². The number of aromatic carboxylic acids is 1. The van der Waals surface area contributed by atoms with Crippen LogP contribution in [0.3, 0.4) is 0 Å². The maximum atomic E-state index is 12.4. The average molecular weight is 485 g/mol. The summed E-state index contributed by atoms with van der Waals surface area (Å²) in [5, 5.41) is 22.6. The second-order valence-corrected chi connectivity index (χ2v) is 8.93. The Hall–Kier alpha value is -3.42. The third-order valence-electron chi connectivity index (χ3n) is 3.94. The molecule has 1 aromatic carbocycles. The van der Waals surface area contributed by atoms with Crippen molar-refractivity contribution in [1.82, 2.24) is 14.3 Å². The van der Waals surface area contributed by atoms with Crippen LogP contribution in [-0.2, 0) is 17.1 Å². The zero-order valence-corrected chi connectivity index (χ0v) is 17.9. The molecule has 0 radical (unpaired) electrons. The van der Waals surface area contributed by atoms with Gasteiger partial charge in [0.2, 0.25) is 5.75 Å². The second kappa shape index (κ2) is 8.37. The number of carbonyl (C=O) groups excluding carboxylic acids is 1. The summed E-state index contributed by atoms with van der Waals surface area (Å²) in [6.07, 6.45) is 0. The Kier molecular flexibility index (Phi) is 6.01. The first-order valence-corrected chi connectivity index (χ1v) is 11.0. The van der Waals surface area contributed by atoms with Crippen molar-refractivity contribution in [2.45, 2.75) is 4.90 Å². The van der Waals surface area contributed by atoms with Gasteiger partial charge in [-0.1, -0.05) is 23.7 Å². The number of urea groups is 1. The van der Waals surface area contributed by atoms with E-state index in [1.54, 1.807) is 0 Å². The van der Waals surface area contributed by atoms with Gasteiger partial charge in [-0.05, 0) is 23.6 Å². The lowest BCUT2D eigenvalue weighted by atomic mass is 10.3. The minimum atomic E-state index is -4.28. The van der Waals surface area contributed by atoms with E-state index in [1.165, 1.54) is 42.8 Å². The largest absolute Gasteiger partial charge is 0.501 e. The third kappa shape index (κ3) is 4.38. The monoisotopic (exact) mass is 484 g/mol. The maximum absolute atomic E-state index is 12.4. The van der Waals surface area contributed by atoms with Gasteiger partial charge in [0.05, 0.1) is 15.6 Å². The fourth-order valence-corrected chi connectivity index (χ4v) is 4.81. The molecular weight excluding hydrogens is 472 g/mol. The van der Waals surface area contributed by atoms with Crippen molar-refractivity contribution in [1.29, 1.82) is 0 Å². The number of carboxylic acid groups (broad SMARTS) is 1. The summed E-state index contributed by atoms with van der Waals surface area (Å²) in [4.78, 5) is 39.4. The van der Waals surface area contributed by atoms with E-state index in [9.17, 15) is 27.9 Å². The molecule has 3 aromatic rings. The Balaban J connectivity index is 1.93. The van der Waals surface area contributed by atoms with Gasteiger partial charge in [-0.3, -0.25) is 9.36 Å². The van der Waals surface area contributed by atoms with Crippen molar-refractivity contribution in [3.05, 3.63) is 56.8 Å². The van der Waals surface area contributed by atoms with Crippen LogP contribution in [0.1, 0.15) is 10.5 Å². The first-order valence-electron chi connectivity index (χ1n) is 8.22. The number of sulfonamides is 1. The Bertz CT molecular complexity index is 1370. The molecule has 0 saturated heterocycles. The molecule has 14 heteroatoms. The summed E-state index contributed by atoms with van der Waals surface area (Å²) in [5.41, 5.74) is -1.81. The number of anilines is 1. The number of rotatable bonds is 5. The van der Waals surface area contributed by atoms with Gasteiger partial charge >= 0.3 is 12.0 Å². The molecule has 11 nitrogen and oxygen atoms in total. The molecule has 0 bridgehead atoms. The molecule has 4 N–H and O–H groups in total. The van der Waals surface area contributed by atoms with Crippen molar-refractivity contribution < 1.29 is 28.2 Å². The van der Waals surface area contributed by atoms with Crippen LogP contribution < -0.4 is 15.6 Å². The number of hydrogen-bond donors (Lipinski definition) is 4. The number of benzene rings is 1. The number of carbonyl (C=O) groups is 2. The van der Waals surface area contributed by atoms with E-state index in [4.69, 9.17) is 16.7 Å². The van der Waals surface area contributed by atoms with E-state index in [-0.39, 0.29) is 26.3 Å². The van der Waals surface area contributed by atoms with E-state index in [1.807, 2.05) is 4.72 Å². The number of thiophene rings is 1. The van der Waals surface area contributed by atoms with Crippen molar-refractivity contribution in [3.8, 4) is 16.5 Å². The van der Waals surface area contributed by atoms with Gasteiger partial charge < -0.3 is 15.5 Å². The van der Waals surface area contributed by atoms with Crippen LogP contribution >= 0.6 is 22.9 Å². The van der Waals surface area contributed by atoms with Crippen molar-refractivity contribution in [2.24, 2.45) is 7.05 Å². The minimum Gasteiger partial charge on any atom is -0.501 e. The van der Waals surface area contributed by atoms with Gasteiger partial charge in [0.1, 0.15) is 4.90 Å². The predicted molar refractivity (Wildman–Crippen MR) is 112 cm³/mol. The topological polar surface area (TPSA) is 168 Å². The van der Waals surface area contributed by atoms with Crippen LogP contribution in [0.4, 0.5) is 10.5 Å². The number of halogens is 1. The molecule has 3 rings (SSSR count). The number of amides is 2. The minimum absolute atomic E-state index is 0.0568. The van der Waals surface area contributed by atoms with Crippen molar-refractivity contribution >= 4 is 50.6 Å². The van der Waals surface area contributed by atoms with Gasteiger partial charge in [0, 0.05) is 7.05 Å². The van der Waals surface area contributed by atoms with Gasteiger partial charge in [-0.25, -0.2) is 27.7 Å². The highest BCUT2D eigenvalue weighted by atomic mass is 35.5. The van der Waals surface area contributed by atoms with E-state index in [0.29, 0.717) is 0 Å². The van der Waals surface area contributed by atoms with Gasteiger partial charge in [-0.2, -0.15) is 0 Å². The Morgan fingerprint density at radius 2 is 1.90 bits per heavy atom. The number of aromatic nitrogens is 2. The highest BCUT2D eigenvalue weighted by molar-refractivity contribution is 7.90. The molecule has 0 aliphatic rings. The molecular formula is C17H13ClN4O7S2. The van der Waals surface area contributed by atoms with E-state index in [2.05, 4.69) is 10.3 Å². The van der Waals surface area contributed by atoms with Gasteiger partial charge in [-0.15, -0.1) is 11.3 Å². The predicted octanol–water partition coefficient (Wildman–Crippen LogP) is 2.08.